The van der Waals surface area contributed by atoms with Crippen molar-refractivity contribution in [3.05, 3.63) is 29.8 Å². The molecular formula is C14H20O2S. The smallest absolute Gasteiger partial charge is 0.163 e. The third kappa shape index (κ3) is 5.26. The molecule has 0 amide bonds. The third-order valence-electron chi connectivity index (χ3n) is 2.27. The monoisotopic (exact) mass is 252 g/mol. The molecule has 2 nitrogen and oxygen atoms in total. The average Bonchev–Trinajstić information content (AvgIpc) is 2.30. The Morgan fingerprint density at radius 2 is 1.94 bits per heavy atom. The van der Waals surface area contributed by atoms with Crippen LogP contribution in [0.4, 0.5) is 0 Å². The second-order valence-corrected chi connectivity index (χ2v) is 5.73. The van der Waals surface area contributed by atoms with E-state index in [0.29, 0.717) is 18.3 Å². The van der Waals surface area contributed by atoms with Crippen LogP contribution in [0.1, 0.15) is 37.6 Å². The number of carbonyl (C=O) groups excluding carboxylic acids is 1. The van der Waals surface area contributed by atoms with Gasteiger partial charge in [-0.2, -0.15) is 11.8 Å². The van der Waals surface area contributed by atoms with E-state index in [-0.39, 0.29) is 5.78 Å². The van der Waals surface area contributed by atoms with E-state index in [1.54, 1.807) is 0 Å². The Hall–Kier alpha value is -0.960. The van der Waals surface area contributed by atoms with Gasteiger partial charge in [-0.3, -0.25) is 4.79 Å². The van der Waals surface area contributed by atoms with Crippen molar-refractivity contribution in [3.8, 4) is 5.75 Å². The van der Waals surface area contributed by atoms with E-state index in [9.17, 15) is 4.79 Å². The number of ketones is 1. The van der Waals surface area contributed by atoms with Crippen LogP contribution in [0.2, 0.25) is 0 Å². The largest absolute Gasteiger partial charge is 0.494 e. The number of hydrogen-bond donors (Lipinski definition) is 0. The van der Waals surface area contributed by atoms with Crippen LogP contribution in [0.3, 0.4) is 0 Å². The first-order chi connectivity index (χ1) is 8.13. The Bertz CT molecular complexity index is 344. The number of rotatable bonds is 7. The summed E-state index contributed by atoms with van der Waals surface area (Å²) in [7, 11) is 0. The molecule has 17 heavy (non-hydrogen) atoms. The van der Waals surface area contributed by atoms with E-state index in [1.807, 2.05) is 43.0 Å². The molecule has 0 unspecified atom stereocenters. The van der Waals surface area contributed by atoms with Crippen LogP contribution in [-0.2, 0) is 0 Å². The first-order valence-electron chi connectivity index (χ1n) is 6.01. The zero-order chi connectivity index (χ0) is 12.7. The van der Waals surface area contributed by atoms with E-state index in [1.165, 1.54) is 0 Å². The molecule has 0 aliphatic heterocycles. The maximum absolute atomic E-state index is 11.8. The fourth-order valence-corrected chi connectivity index (χ4v) is 2.21. The van der Waals surface area contributed by atoms with Gasteiger partial charge in [-0.05, 0) is 36.4 Å². The number of thioether (sulfide) groups is 1. The highest BCUT2D eigenvalue weighted by molar-refractivity contribution is 7.99. The minimum atomic E-state index is 0.209. The van der Waals surface area contributed by atoms with Crippen molar-refractivity contribution < 1.29 is 9.53 Å². The predicted octanol–water partition coefficient (Wildman–Crippen LogP) is 3.80. The molecule has 3 heteroatoms. The van der Waals surface area contributed by atoms with Crippen molar-refractivity contribution in [1.82, 2.24) is 0 Å². The van der Waals surface area contributed by atoms with Crippen molar-refractivity contribution in [3.63, 3.8) is 0 Å². The molecule has 0 aromatic heterocycles. The fourth-order valence-electron chi connectivity index (χ4n) is 1.44. The fraction of sp³-hybridized carbons (Fsp3) is 0.500. The topological polar surface area (TPSA) is 26.3 Å². The van der Waals surface area contributed by atoms with Crippen LogP contribution < -0.4 is 4.74 Å². The van der Waals surface area contributed by atoms with E-state index in [4.69, 9.17) is 4.74 Å². The van der Waals surface area contributed by atoms with E-state index < -0.39 is 0 Å². The van der Waals surface area contributed by atoms with Crippen LogP contribution in [-0.4, -0.2) is 23.4 Å². The first-order valence-corrected chi connectivity index (χ1v) is 7.06. The number of ether oxygens (including phenoxy) is 1. The highest BCUT2D eigenvalue weighted by Crippen LogP contribution is 2.16. The van der Waals surface area contributed by atoms with Gasteiger partial charge in [0.1, 0.15) is 5.75 Å². The Morgan fingerprint density at radius 1 is 1.29 bits per heavy atom. The zero-order valence-electron chi connectivity index (χ0n) is 10.7. The second-order valence-electron chi connectivity index (χ2n) is 4.05. The molecule has 0 fully saturated rings. The van der Waals surface area contributed by atoms with Crippen LogP contribution in [0.5, 0.6) is 5.75 Å². The minimum Gasteiger partial charge on any atom is -0.494 e. The van der Waals surface area contributed by atoms with Crippen LogP contribution in [0, 0.1) is 0 Å². The summed E-state index contributed by atoms with van der Waals surface area (Å²) in [4.78, 5) is 11.8. The molecule has 1 rings (SSSR count). The molecule has 0 saturated heterocycles. The molecular weight excluding hydrogens is 232 g/mol. The second kappa shape index (κ2) is 7.38. The molecule has 94 valence electrons. The summed E-state index contributed by atoms with van der Waals surface area (Å²) in [5.41, 5.74) is 0.776. The summed E-state index contributed by atoms with van der Waals surface area (Å²) in [6.45, 7) is 6.89. The van der Waals surface area contributed by atoms with Crippen LogP contribution in [0.15, 0.2) is 24.3 Å². The van der Waals surface area contributed by atoms with Crippen molar-refractivity contribution in [2.75, 3.05) is 12.4 Å². The lowest BCUT2D eigenvalue weighted by Crippen LogP contribution is -2.02. The minimum absolute atomic E-state index is 0.209. The standard InChI is InChI=1S/C14H20O2S/c1-4-16-13-7-5-12(6-8-13)14(15)9-10-17-11(2)3/h5-8,11H,4,9-10H2,1-3H3. The highest BCUT2D eigenvalue weighted by atomic mass is 32.2. The Kier molecular flexibility index (Phi) is 6.12. The van der Waals surface area contributed by atoms with Crippen molar-refractivity contribution in [1.29, 1.82) is 0 Å². The molecule has 0 N–H and O–H groups in total. The summed E-state index contributed by atoms with van der Waals surface area (Å²) in [6.07, 6.45) is 0.608. The maximum Gasteiger partial charge on any atom is 0.163 e. The van der Waals surface area contributed by atoms with E-state index in [0.717, 1.165) is 17.1 Å². The maximum atomic E-state index is 11.8. The lowest BCUT2D eigenvalue weighted by molar-refractivity contribution is 0.0989. The van der Waals surface area contributed by atoms with E-state index >= 15 is 0 Å². The normalized spacial score (nSPS) is 10.6. The van der Waals surface area contributed by atoms with Gasteiger partial charge in [0.2, 0.25) is 0 Å². The van der Waals surface area contributed by atoms with Crippen LogP contribution in [0.25, 0.3) is 0 Å². The number of carbonyl (C=O) groups is 1. The van der Waals surface area contributed by atoms with Gasteiger partial charge in [0.15, 0.2) is 5.78 Å². The highest BCUT2D eigenvalue weighted by Gasteiger charge is 2.06. The number of hydrogen-bond acceptors (Lipinski definition) is 3. The van der Waals surface area contributed by atoms with Gasteiger partial charge in [-0.25, -0.2) is 0 Å². The lowest BCUT2D eigenvalue weighted by Gasteiger charge is -2.05. The SMILES string of the molecule is CCOc1ccc(C(=O)CCSC(C)C)cc1. The summed E-state index contributed by atoms with van der Waals surface area (Å²) in [5.74, 6) is 1.92. The Labute approximate surface area is 108 Å². The molecule has 0 atom stereocenters. The molecule has 0 aliphatic carbocycles. The molecule has 0 radical (unpaired) electrons. The predicted molar refractivity (Wildman–Crippen MR) is 74.2 cm³/mol. The number of Topliss-reactive ketones (excluding diaryl/α,β-unsaturated/α-hetero) is 1. The molecule has 0 bridgehead atoms. The zero-order valence-corrected chi connectivity index (χ0v) is 11.5. The molecule has 1 aromatic rings. The average molecular weight is 252 g/mol. The van der Waals surface area contributed by atoms with Gasteiger partial charge in [0.25, 0.3) is 0 Å². The van der Waals surface area contributed by atoms with E-state index in [2.05, 4.69) is 13.8 Å². The van der Waals surface area contributed by atoms with Crippen molar-refractivity contribution in [2.24, 2.45) is 0 Å². The summed E-state index contributed by atoms with van der Waals surface area (Å²) in [5, 5.41) is 0.586. The quantitative estimate of drug-likeness (QED) is 0.690. The molecule has 0 aliphatic rings. The molecule has 0 saturated carbocycles. The molecule has 0 spiro atoms. The molecule has 0 heterocycles. The van der Waals surface area contributed by atoms with Gasteiger partial charge in [-0.15, -0.1) is 0 Å². The van der Waals surface area contributed by atoms with Crippen molar-refractivity contribution in [2.45, 2.75) is 32.4 Å². The summed E-state index contributed by atoms with van der Waals surface area (Å²) < 4.78 is 5.34. The summed E-state index contributed by atoms with van der Waals surface area (Å²) >= 11 is 1.82. The third-order valence-corrected chi connectivity index (χ3v) is 3.37. The summed E-state index contributed by atoms with van der Waals surface area (Å²) in [6, 6.07) is 7.39. The van der Waals surface area contributed by atoms with Crippen molar-refractivity contribution >= 4 is 17.5 Å². The lowest BCUT2D eigenvalue weighted by atomic mass is 10.1. The van der Waals surface area contributed by atoms with Gasteiger partial charge >= 0.3 is 0 Å². The number of benzene rings is 1. The first kappa shape index (κ1) is 14.1. The Balaban J connectivity index is 2.46. The van der Waals surface area contributed by atoms with Gasteiger partial charge < -0.3 is 4.74 Å². The Morgan fingerprint density at radius 3 is 2.47 bits per heavy atom. The van der Waals surface area contributed by atoms with Gasteiger partial charge in [0, 0.05) is 17.7 Å². The van der Waals surface area contributed by atoms with Gasteiger partial charge in [-0.1, -0.05) is 13.8 Å². The molecule has 1 aromatic carbocycles. The van der Waals surface area contributed by atoms with Gasteiger partial charge in [0.05, 0.1) is 6.61 Å². The van der Waals surface area contributed by atoms with Crippen LogP contribution >= 0.6 is 11.8 Å².